The summed E-state index contributed by atoms with van der Waals surface area (Å²) in [6.07, 6.45) is 2.99. The minimum atomic E-state index is -0.624. The fraction of sp³-hybridized carbons (Fsp3) is 0.529. The molecule has 1 aromatic carbocycles. The quantitative estimate of drug-likeness (QED) is 0.689. The zero-order chi connectivity index (χ0) is 15.1. The average molecular weight is 286 g/mol. The van der Waals surface area contributed by atoms with Crippen molar-refractivity contribution >= 4 is 5.91 Å². The highest BCUT2D eigenvalue weighted by molar-refractivity contribution is 5.81. The van der Waals surface area contributed by atoms with Gasteiger partial charge < -0.3 is 9.64 Å². The number of hydrogen-bond donors (Lipinski definition) is 0. The molecule has 4 nitrogen and oxygen atoms in total. The van der Waals surface area contributed by atoms with Gasteiger partial charge in [-0.1, -0.05) is 30.3 Å². The van der Waals surface area contributed by atoms with Gasteiger partial charge in [0.15, 0.2) is 0 Å². The maximum Gasteiger partial charge on any atom is 0.240 e. The van der Waals surface area contributed by atoms with Crippen LogP contribution in [0.3, 0.4) is 0 Å². The summed E-state index contributed by atoms with van der Waals surface area (Å²) in [4.78, 5) is 13.9. The molecule has 0 N–H and O–H groups in total. The van der Waals surface area contributed by atoms with Gasteiger partial charge in [0.2, 0.25) is 5.91 Å². The van der Waals surface area contributed by atoms with Crippen LogP contribution >= 0.6 is 0 Å². The summed E-state index contributed by atoms with van der Waals surface area (Å²) in [5.41, 5.74) is 1.01. The number of likely N-dealkylation sites (N-methyl/N-ethyl adjacent to an activating group) is 1. The lowest BCUT2D eigenvalue weighted by molar-refractivity contribution is -0.133. The average Bonchev–Trinajstić information content (AvgIpc) is 3.33. The Balaban J connectivity index is 1.76. The van der Waals surface area contributed by atoms with Crippen LogP contribution in [0.5, 0.6) is 0 Å². The normalized spacial score (nSPS) is 15.2. The first-order valence-corrected chi connectivity index (χ1v) is 7.47. The first-order chi connectivity index (χ1) is 10.2. The number of carbonyl (C=O) groups is 1. The standard InChI is InChI=1S/C17H22N2O2/c1-19(9-10-21-13-15-7-8-15)17(20)16(12-18)11-14-5-3-2-4-6-14/h2-6,15-16H,7-11,13H2,1H3. The number of carbonyl (C=O) groups excluding carboxylic acids is 1. The fourth-order valence-corrected chi connectivity index (χ4v) is 2.15. The summed E-state index contributed by atoms with van der Waals surface area (Å²) >= 11 is 0. The van der Waals surface area contributed by atoms with Crippen LogP contribution in [-0.4, -0.2) is 37.6 Å². The predicted molar refractivity (Wildman–Crippen MR) is 80.4 cm³/mol. The molecule has 1 atom stereocenters. The molecule has 2 rings (SSSR count). The Morgan fingerprint density at radius 2 is 2.14 bits per heavy atom. The zero-order valence-corrected chi connectivity index (χ0v) is 12.5. The van der Waals surface area contributed by atoms with E-state index in [2.05, 4.69) is 6.07 Å². The lowest BCUT2D eigenvalue weighted by atomic mass is 9.99. The first-order valence-electron chi connectivity index (χ1n) is 7.47. The van der Waals surface area contributed by atoms with Gasteiger partial charge in [-0.05, 0) is 30.7 Å². The van der Waals surface area contributed by atoms with Crippen LogP contribution in [0.1, 0.15) is 18.4 Å². The Hall–Kier alpha value is -1.86. The van der Waals surface area contributed by atoms with E-state index in [0.717, 1.165) is 18.1 Å². The van der Waals surface area contributed by atoms with Crippen LogP contribution in [0.4, 0.5) is 0 Å². The number of nitriles is 1. The van der Waals surface area contributed by atoms with Crippen molar-refractivity contribution in [3.8, 4) is 6.07 Å². The maximum atomic E-state index is 12.3. The maximum absolute atomic E-state index is 12.3. The smallest absolute Gasteiger partial charge is 0.240 e. The van der Waals surface area contributed by atoms with E-state index in [0.29, 0.717) is 19.6 Å². The number of amides is 1. The van der Waals surface area contributed by atoms with Crippen LogP contribution in [0.2, 0.25) is 0 Å². The van der Waals surface area contributed by atoms with Gasteiger partial charge in [-0.25, -0.2) is 0 Å². The van der Waals surface area contributed by atoms with E-state index in [9.17, 15) is 10.1 Å². The number of ether oxygens (including phenoxy) is 1. The Morgan fingerprint density at radius 1 is 1.43 bits per heavy atom. The minimum absolute atomic E-state index is 0.128. The lowest BCUT2D eigenvalue weighted by Gasteiger charge is -2.20. The monoisotopic (exact) mass is 286 g/mol. The molecule has 0 radical (unpaired) electrons. The van der Waals surface area contributed by atoms with E-state index < -0.39 is 5.92 Å². The van der Waals surface area contributed by atoms with Crippen molar-refractivity contribution in [1.29, 1.82) is 5.26 Å². The van der Waals surface area contributed by atoms with Crippen molar-refractivity contribution in [3.63, 3.8) is 0 Å². The molecule has 1 aromatic rings. The van der Waals surface area contributed by atoms with Gasteiger partial charge in [-0.3, -0.25) is 4.79 Å². The summed E-state index contributed by atoms with van der Waals surface area (Å²) < 4.78 is 5.53. The molecule has 1 aliphatic carbocycles. The minimum Gasteiger partial charge on any atom is -0.379 e. The second kappa shape index (κ2) is 7.80. The summed E-state index contributed by atoms with van der Waals surface area (Å²) in [7, 11) is 1.73. The van der Waals surface area contributed by atoms with Gasteiger partial charge in [0.25, 0.3) is 0 Å². The van der Waals surface area contributed by atoms with E-state index in [4.69, 9.17) is 4.74 Å². The molecule has 0 bridgehead atoms. The molecule has 0 heterocycles. The largest absolute Gasteiger partial charge is 0.379 e. The van der Waals surface area contributed by atoms with Crippen molar-refractivity contribution in [1.82, 2.24) is 4.90 Å². The molecule has 0 aliphatic heterocycles. The second-order valence-corrected chi connectivity index (χ2v) is 5.65. The van der Waals surface area contributed by atoms with Gasteiger partial charge in [0, 0.05) is 20.2 Å². The number of hydrogen-bond acceptors (Lipinski definition) is 3. The number of rotatable bonds is 8. The highest BCUT2D eigenvalue weighted by Crippen LogP contribution is 2.28. The third-order valence-electron chi connectivity index (χ3n) is 3.73. The highest BCUT2D eigenvalue weighted by atomic mass is 16.5. The molecule has 1 unspecified atom stereocenters. The molecule has 1 saturated carbocycles. The topological polar surface area (TPSA) is 53.3 Å². The second-order valence-electron chi connectivity index (χ2n) is 5.65. The highest BCUT2D eigenvalue weighted by Gasteiger charge is 2.23. The molecule has 112 valence electrons. The third kappa shape index (κ3) is 5.20. The Kier molecular flexibility index (Phi) is 5.77. The van der Waals surface area contributed by atoms with Crippen molar-refractivity contribution in [2.24, 2.45) is 11.8 Å². The first kappa shape index (κ1) is 15.5. The Morgan fingerprint density at radius 3 is 2.76 bits per heavy atom. The zero-order valence-electron chi connectivity index (χ0n) is 12.5. The van der Waals surface area contributed by atoms with Crippen molar-refractivity contribution in [2.75, 3.05) is 26.8 Å². The molecule has 1 fully saturated rings. The molecule has 21 heavy (non-hydrogen) atoms. The predicted octanol–water partition coefficient (Wildman–Crippen LogP) is 2.25. The molecular formula is C17H22N2O2. The molecule has 1 aliphatic rings. The van der Waals surface area contributed by atoms with Gasteiger partial charge in [0.1, 0.15) is 5.92 Å². The van der Waals surface area contributed by atoms with Crippen LogP contribution in [0.25, 0.3) is 0 Å². The molecule has 0 spiro atoms. The van der Waals surface area contributed by atoms with Gasteiger partial charge >= 0.3 is 0 Å². The van der Waals surface area contributed by atoms with Crippen molar-refractivity contribution in [2.45, 2.75) is 19.3 Å². The number of nitrogens with zero attached hydrogens (tertiary/aromatic N) is 2. The van der Waals surface area contributed by atoms with E-state index in [1.54, 1.807) is 11.9 Å². The van der Waals surface area contributed by atoms with E-state index >= 15 is 0 Å². The van der Waals surface area contributed by atoms with Crippen molar-refractivity contribution in [3.05, 3.63) is 35.9 Å². The van der Waals surface area contributed by atoms with E-state index in [1.807, 2.05) is 30.3 Å². The Bertz CT molecular complexity index is 491. The van der Waals surface area contributed by atoms with Crippen LogP contribution in [0, 0.1) is 23.2 Å². The van der Waals surface area contributed by atoms with Gasteiger partial charge in [0.05, 0.1) is 12.7 Å². The van der Waals surface area contributed by atoms with Crippen LogP contribution in [0.15, 0.2) is 30.3 Å². The summed E-state index contributed by atoms with van der Waals surface area (Å²) in [5, 5.41) is 9.23. The van der Waals surface area contributed by atoms with E-state index in [-0.39, 0.29) is 5.91 Å². The fourth-order valence-electron chi connectivity index (χ4n) is 2.15. The number of benzene rings is 1. The van der Waals surface area contributed by atoms with Crippen molar-refractivity contribution < 1.29 is 9.53 Å². The third-order valence-corrected chi connectivity index (χ3v) is 3.73. The summed E-state index contributed by atoms with van der Waals surface area (Å²) in [6.45, 7) is 1.88. The molecule has 1 amide bonds. The molecule has 0 saturated heterocycles. The molecular weight excluding hydrogens is 264 g/mol. The van der Waals surface area contributed by atoms with Crippen LogP contribution < -0.4 is 0 Å². The van der Waals surface area contributed by atoms with Gasteiger partial charge in [-0.2, -0.15) is 5.26 Å². The van der Waals surface area contributed by atoms with Crippen LogP contribution in [-0.2, 0) is 16.0 Å². The SMILES string of the molecule is CN(CCOCC1CC1)C(=O)C(C#N)Cc1ccccc1. The van der Waals surface area contributed by atoms with Gasteiger partial charge in [-0.15, -0.1) is 0 Å². The molecule has 4 heteroatoms. The summed E-state index contributed by atoms with van der Waals surface area (Å²) in [6, 6.07) is 11.8. The lowest BCUT2D eigenvalue weighted by Crippen LogP contribution is -2.35. The van der Waals surface area contributed by atoms with E-state index in [1.165, 1.54) is 12.8 Å². The Labute approximate surface area is 126 Å². The molecule has 0 aromatic heterocycles. The summed E-state index contributed by atoms with van der Waals surface area (Å²) in [5.74, 6) is -0.0202.